The van der Waals surface area contributed by atoms with Gasteiger partial charge in [-0.25, -0.2) is 8.42 Å². The summed E-state index contributed by atoms with van der Waals surface area (Å²) >= 11 is 9.17. The predicted octanol–water partition coefficient (Wildman–Crippen LogP) is 3.03. The molecule has 0 unspecified atom stereocenters. The highest BCUT2D eigenvalue weighted by Crippen LogP contribution is 2.30. The Labute approximate surface area is 109 Å². The highest BCUT2D eigenvalue weighted by Gasteiger charge is 2.26. The van der Waals surface area contributed by atoms with Crippen LogP contribution in [0.5, 0.6) is 0 Å². The molecule has 1 aromatic rings. The van der Waals surface area contributed by atoms with E-state index in [0.717, 1.165) is 12.8 Å². The summed E-state index contributed by atoms with van der Waals surface area (Å²) in [5.41, 5.74) is 0.677. The first-order valence-electron chi connectivity index (χ1n) is 4.96. The molecular formula is C10H11BrClNO2S. The van der Waals surface area contributed by atoms with E-state index in [1.165, 1.54) is 4.31 Å². The minimum atomic E-state index is -3.14. The number of rotatable bonds is 1. The molecule has 0 atom stereocenters. The smallest absolute Gasteiger partial charge is 0.235 e. The fourth-order valence-electron chi connectivity index (χ4n) is 1.72. The molecule has 0 radical (unpaired) electrons. The maximum atomic E-state index is 11.9. The second-order valence-corrected chi connectivity index (χ2v) is 6.97. The monoisotopic (exact) mass is 323 g/mol. The molecule has 0 aliphatic carbocycles. The normalized spacial score (nSPS) is 19.8. The van der Waals surface area contributed by atoms with Crippen molar-refractivity contribution in [3.05, 3.63) is 27.7 Å². The lowest BCUT2D eigenvalue weighted by Gasteiger charge is -2.28. The van der Waals surface area contributed by atoms with E-state index in [9.17, 15) is 8.42 Å². The van der Waals surface area contributed by atoms with Gasteiger partial charge in [0.05, 0.1) is 16.5 Å². The largest absolute Gasteiger partial charge is 0.270 e. The summed E-state index contributed by atoms with van der Waals surface area (Å²) in [6.45, 7) is 0.552. The van der Waals surface area contributed by atoms with Crippen LogP contribution in [-0.2, 0) is 10.0 Å². The van der Waals surface area contributed by atoms with E-state index in [1.807, 2.05) is 0 Å². The van der Waals surface area contributed by atoms with Gasteiger partial charge < -0.3 is 0 Å². The fraction of sp³-hybridized carbons (Fsp3) is 0.400. The summed E-state index contributed by atoms with van der Waals surface area (Å²) in [6.07, 6.45) is 1.65. The Hall–Kier alpha value is -0.260. The molecular weight excluding hydrogens is 314 g/mol. The first-order chi connectivity index (χ1) is 7.50. The molecule has 6 heteroatoms. The van der Waals surface area contributed by atoms with E-state index in [2.05, 4.69) is 15.9 Å². The third kappa shape index (κ3) is 2.36. The summed E-state index contributed by atoms with van der Waals surface area (Å²) in [4.78, 5) is 0. The van der Waals surface area contributed by atoms with E-state index in [0.29, 0.717) is 21.7 Å². The summed E-state index contributed by atoms with van der Waals surface area (Å²) in [5.74, 6) is 0.229. The Morgan fingerprint density at radius 1 is 1.31 bits per heavy atom. The van der Waals surface area contributed by atoms with Crippen molar-refractivity contribution in [3.8, 4) is 0 Å². The molecule has 0 bridgehead atoms. The quantitative estimate of drug-likeness (QED) is 0.796. The Morgan fingerprint density at radius 3 is 2.69 bits per heavy atom. The van der Waals surface area contributed by atoms with Crippen LogP contribution in [0, 0.1) is 0 Å². The molecule has 0 spiro atoms. The van der Waals surface area contributed by atoms with Gasteiger partial charge in [0.1, 0.15) is 0 Å². The highest BCUT2D eigenvalue weighted by molar-refractivity contribution is 9.10. The number of nitrogens with zero attached hydrogens (tertiary/aromatic N) is 1. The topological polar surface area (TPSA) is 37.4 Å². The lowest BCUT2D eigenvalue weighted by molar-refractivity contribution is 0.574. The second kappa shape index (κ2) is 4.55. The van der Waals surface area contributed by atoms with Crippen LogP contribution in [0.3, 0.4) is 0 Å². The van der Waals surface area contributed by atoms with Gasteiger partial charge in [-0.15, -0.1) is 0 Å². The van der Waals surface area contributed by atoms with Crippen LogP contribution in [0.1, 0.15) is 12.8 Å². The Balaban J connectivity index is 2.39. The van der Waals surface area contributed by atoms with Crippen molar-refractivity contribution in [1.29, 1.82) is 0 Å². The van der Waals surface area contributed by atoms with Gasteiger partial charge in [-0.05, 0) is 47.0 Å². The van der Waals surface area contributed by atoms with Crippen molar-refractivity contribution in [2.45, 2.75) is 12.8 Å². The number of hydrogen-bond donors (Lipinski definition) is 0. The maximum Gasteiger partial charge on any atom is 0.235 e. The first kappa shape index (κ1) is 12.2. The van der Waals surface area contributed by atoms with E-state index in [4.69, 9.17) is 11.6 Å². The minimum absolute atomic E-state index is 0.229. The van der Waals surface area contributed by atoms with Crippen LogP contribution in [0.15, 0.2) is 22.7 Å². The molecule has 2 rings (SSSR count). The number of sulfonamides is 1. The standard InChI is InChI=1S/C10H11BrClNO2S/c11-9-7-8(3-4-10(9)12)13-5-1-2-6-16(13,14)15/h3-4,7H,1-2,5-6H2. The third-order valence-corrected chi connectivity index (χ3v) is 5.62. The summed E-state index contributed by atoms with van der Waals surface area (Å²) in [6, 6.07) is 5.17. The molecule has 0 N–H and O–H groups in total. The predicted molar refractivity (Wildman–Crippen MR) is 69.5 cm³/mol. The molecule has 1 aromatic carbocycles. The molecule has 0 saturated carbocycles. The zero-order valence-corrected chi connectivity index (χ0v) is 11.6. The lowest BCUT2D eigenvalue weighted by Crippen LogP contribution is -2.37. The van der Waals surface area contributed by atoms with Crippen LogP contribution in [-0.4, -0.2) is 20.7 Å². The van der Waals surface area contributed by atoms with Gasteiger partial charge in [-0.3, -0.25) is 4.31 Å². The Kier molecular flexibility index (Phi) is 3.47. The maximum absolute atomic E-state index is 11.9. The molecule has 1 saturated heterocycles. The molecule has 0 aromatic heterocycles. The third-order valence-electron chi connectivity index (χ3n) is 2.54. The molecule has 16 heavy (non-hydrogen) atoms. The zero-order valence-electron chi connectivity index (χ0n) is 8.49. The number of hydrogen-bond acceptors (Lipinski definition) is 2. The Morgan fingerprint density at radius 2 is 2.06 bits per heavy atom. The van der Waals surface area contributed by atoms with Crippen molar-refractivity contribution < 1.29 is 8.42 Å². The first-order valence-corrected chi connectivity index (χ1v) is 7.74. The van der Waals surface area contributed by atoms with Crippen LogP contribution in [0.25, 0.3) is 0 Å². The molecule has 1 aliphatic heterocycles. The van der Waals surface area contributed by atoms with Crippen LogP contribution >= 0.6 is 27.5 Å². The average molecular weight is 325 g/mol. The van der Waals surface area contributed by atoms with E-state index < -0.39 is 10.0 Å². The summed E-state index contributed by atoms with van der Waals surface area (Å²) < 4.78 is 25.9. The van der Waals surface area contributed by atoms with Gasteiger partial charge in [-0.1, -0.05) is 11.6 Å². The molecule has 88 valence electrons. The minimum Gasteiger partial charge on any atom is -0.270 e. The second-order valence-electron chi connectivity index (χ2n) is 3.69. The van der Waals surface area contributed by atoms with Crippen molar-refractivity contribution in [2.75, 3.05) is 16.6 Å². The van der Waals surface area contributed by atoms with Crippen LogP contribution in [0.4, 0.5) is 5.69 Å². The Bertz CT molecular complexity index is 504. The van der Waals surface area contributed by atoms with Crippen molar-refractivity contribution >= 4 is 43.2 Å². The van der Waals surface area contributed by atoms with Gasteiger partial charge in [0.2, 0.25) is 10.0 Å². The molecule has 1 fully saturated rings. The van der Waals surface area contributed by atoms with Gasteiger partial charge >= 0.3 is 0 Å². The average Bonchev–Trinajstić information content (AvgIpc) is 2.22. The highest BCUT2D eigenvalue weighted by atomic mass is 79.9. The number of anilines is 1. The fourth-order valence-corrected chi connectivity index (χ4v) is 3.83. The van der Waals surface area contributed by atoms with Gasteiger partial charge in [0.15, 0.2) is 0 Å². The van der Waals surface area contributed by atoms with Gasteiger partial charge in [0, 0.05) is 11.0 Å². The van der Waals surface area contributed by atoms with Crippen molar-refractivity contribution in [2.24, 2.45) is 0 Å². The van der Waals surface area contributed by atoms with E-state index >= 15 is 0 Å². The van der Waals surface area contributed by atoms with Gasteiger partial charge in [-0.2, -0.15) is 0 Å². The van der Waals surface area contributed by atoms with Crippen molar-refractivity contribution in [1.82, 2.24) is 0 Å². The molecule has 1 heterocycles. The molecule has 0 amide bonds. The lowest BCUT2D eigenvalue weighted by atomic mass is 10.3. The SMILES string of the molecule is O=S1(=O)CCCCN1c1ccc(Cl)c(Br)c1. The van der Waals surface area contributed by atoms with Crippen molar-refractivity contribution in [3.63, 3.8) is 0 Å². The van der Waals surface area contributed by atoms with Crippen LogP contribution in [0.2, 0.25) is 5.02 Å². The molecule has 1 aliphatic rings. The number of halogens is 2. The van der Waals surface area contributed by atoms with E-state index in [1.54, 1.807) is 18.2 Å². The summed E-state index contributed by atoms with van der Waals surface area (Å²) in [7, 11) is -3.14. The van der Waals surface area contributed by atoms with Gasteiger partial charge in [0.25, 0.3) is 0 Å². The zero-order chi connectivity index (χ0) is 11.8. The van der Waals surface area contributed by atoms with Crippen LogP contribution < -0.4 is 4.31 Å². The molecule has 3 nitrogen and oxygen atoms in total. The summed E-state index contributed by atoms with van der Waals surface area (Å²) in [5, 5.41) is 0.582. The number of benzene rings is 1. The van der Waals surface area contributed by atoms with E-state index in [-0.39, 0.29) is 5.75 Å².